The fourth-order valence-corrected chi connectivity index (χ4v) is 1.49. The van der Waals surface area contributed by atoms with Gasteiger partial charge in [-0.3, -0.25) is 4.79 Å². The van der Waals surface area contributed by atoms with Crippen LogP contribution in [0.3, 0.4) is 0 Å². The zero-order valence-corrected chi connectivity index (χ0v) is 9.30. The van der Waals surface area contributed by atoms with Crippen molar-refractivity contribution in [2.24, 2.45) is 0 Å². The van der Waals surface area contributed by atoms with E-state index in [1.165, 1.54) is 13.2 Å². The van der Waals surface area contributed by atoms with Gasteiger partial charge in [0, 0.05) is 13.2 Å². The highest BCUT2D eigenvalue weighted by Crippen LogP contribution is 2.07. The van der Waals surface area contributed by atoms with E-state index in [0.29, 0.717) is 11.0 Å². The number of benzene rings is 1. The first-order chi connectivity index (χ1) is 8.20. The van der Waals surface area contributed by atoms with Crippen LogP contribution in [-0.2, 0) is 4.74 Å². The van der Waals surface area contributed by atoms with Crippen LogP contribution < -0.4 is 5.56 Å². The molecule has 2 aromatic rings. The van der Waals surface area contributed by atoms with E-state index in [1.807, 2.05) is 12.1 Å². The summed E-state index contributed by atoms with van der Waals surface area (Å²) in [5, 5.41) is 9.44. The normalized spacial score (nSPS) is 11.9. The highest BCUT2D eigenvalue weighted by molar-refractivity contribution is 5.74. The monoisotopic (exact) mass is 232 g/mol. The highest BCUT2D eigenvalue weighted by atomic mass is 16.5. The van der Waals surface area contributed by atoms with Crippen LogP contribution in [0.15, 0.2) is 34.8 Å². The number of aliphatic hydroxyl groups is 1. The molecule has 17 heavy (non-hydrogen) atoms. The van der Waals surface area contributed by atoms with Crippen molar-refractivity contribution >= 4 is 17.1 Å². The average molecular weight is 232 g/mol. The van der Waals surface area contributed by atoms with Crippen molar-refractivity contribution in [2.75, 3.05) is 13.7 Å². The number of aromatic nitrogens is 2. The lowest BCUT2D eigenvalue weighted by atomic mass is 10.3. The second-order valence-electron chi connectivity index (χ2n) is 3.54. The molecule has 0 aliphatic heterocycles. The molecule has 0 saturated carbocycles. The maximum atomic E-state index is 11.7. The number of fused-ring (bicyclic) bond motifs is 1. The number of hydrogen-bond acceptors (Lipinski definition) is 4. The quantitative estimate of drug-likeness (QED) is 0.786. The van der Waals surface area contributed by atoms with Crippen molar-refractivity contribution in [1.29, 1.82) is 0 Å². The van der Waals surface area contributed by atoms with Crippen molar-refractivity contribution < 1.29 is 9.84 Å². The van der Waals surface area contributed by atoms with Crippen LogP contribution in [0.4, 0.5) is 0 Å². The fourth-order valence-electron chi connectivity index (χ4n) is 1.49. The summed E-state index contributed by atoms with van der Waals surface area (Å²) >= 11 is 0. The Labute approximate surface area is 97.4 Å². The van der Waals surface area contributed by atoms with E-state index in [0.717, 1.165) is 0 Å². The summed E-state index contributed by atoms with van der Waals surface area (Å²) in [5.74, 6) is -0.0409. The standard InChI is InChI=1S/C12H12N2O3/c1-17-7-8(15)6-11-12(16)14-10-5-3-2-4-9(10)13-11/h2-6,15H,7H2,1H3,(H,14,16)/b8-6-. The second kappa shape index (κ2) is 4.80. The Bertz CT molecular complexity index is 616. The molecule has 0 aliphatic carbocycles. The van der Waals surface area contributed by atoms with Gasteiger partial charge < -0.3 is 14.8 Å². The van der Waals surface area contributed by atoms with Gasteiger partial charge >= 0.3 is 0 Å². The molecule has 0 atom stereocenters. The summed E-state index contributed by atoms with van der Waals surface area (Å²) in [6.07, 6.45) is 1.30. The molecule has 5 nitrogen and oxygen atoms in total. The molecule has 0 bridgehead atoms. The van der Waals surface area contributed by atoms with Gasteiger partial charge in [0.1, 0.15) is 18.1 Å². The molecule has 0 radical (unpaired) electrons. The molecule has 1 heterocycles. The summed E-state index contributed by atoms with van der Waals surface area (Å²) in [4.78, 5) is 18.5. The highest BCUT2D eigenvalue weighted by Gasteiger charge is 2.03. The molecule has 5 heteroatoms. The summed E-state index contributed by atoms with van der Waals surface area (Å²) in [6, 6.07) is 7.20. The smallest absolute Gasteiger partial charge is 0.274 e. The van der Waals surface area contributed by atoms with Gasteiger partial charge in [-0.25, -0.2) is 4.98 Å². The number of methoxy groups -OCH3 is 1. The van der Waals surface area contributed by atoms with Crippen LogP contribution in [0.1, 0.15) is 5.69 Å². The molecule has 1 aromatic carbocycles. The Morgan fingerprint density at radius 2 is 2.29 bits per heavy atom. The van der Waals surface area contributed by atoms with Gasteiger partial charge in [-0.2, -0.15) is 0 Å². The molecule has 2 rings (SSSR count). The van der Waals surface area contributed by atoms with Gasteiger partial charge in [-0.05, 0) is 12.1 Å². The first-order valence-electron chi connectivity index (χ1n) is 5.08. The molecule has 0 aliphatic rings. The van der Waals surface area contributed by atoms with Crippen molar-refractivity contribution in [3.05, 3.63) is 46.1 Å². The van der Waals surface area contributed by atoms with Crippen LogP contribution >= 0.6 is 0 Å². The summed E-state index contributed by atoms with van der Waals surface area (Å²) in [6.45, 7) is 0.0496. The molecular weight excluding hydrogens is 220 g/mol. The van der Waals surface area contributed by atoms with Gasteiger partial charge in [-0.15, -0.1) is 0 Å². The second-order valence-corrected chi connectivity index (χ2v) is 3.54. The number of hydrogen-bond donors (Lipinski definition) is 2. The van der Waals surface area contributed by atoms with E-state index < -0.39 is 0 Å². The van der Waals surface area contributed by atoms with Crippen LogP contribution in [0.2, 0.25) is 0 Å². The maximum absolute atomic E-state index is 11.7. The van der Waals surface area contributed by atoms with Gasteiger partial charge in [0.15, 0.2) is 0 Å². The van der Waals surface area contributed by atoms with Crippen molar-refractivity contribution in [1.82, 2.24) is 9.97 Å². The summed E-state index contributed by atoms with van der Waals surface area (Å²) in [5.41, 5.74) is 1.16. The number of aromatic amines is 1. The van der Waals surface area contributed by atoms with Crippen LogP contribution in [0, 0.1) is 0 Å². The van der Waals surface area contributed by atoms with Crippen LogP contribution in [0.5, 0.6) is 0 Å². The van der Waals surface area contributed by atoms with E-state index in [9.17, 15) is 9.90 Å². The number of aliphatic hydroxyl groups excluding tert-OH is 1. The lowest BCUT2D eigenvalue weighted by Crippen LogP contribution is -2.12. The molecule has 0 saturated heterocycles. The minimum atomic E-state index is -0.341. The molecule has 0 spiro atoms. The maximum Gasteiger partial charge on any atom is 0.274 e. The molecule has 88 valence electrons. The third-order valence-corrected chi connectivity index (χ3v) is 2.22. The first kappa shape index (κ1) is 11.3. The lowest BCUT2D eigenvalue weighted by molar-refractivity contribution is 0.185. The summed E-state index contributed by atoms with van der Waals surface area (Å²) < 4.78 is 4.74. The van der Waals surface area contributed by atoms with E-state index in [4.69, 9.17) is 4.74 Å². The lowest BCUT2D eigenvalue weighted by Gasteiger charge is -2.00. The van der Waals surface area contributed by atoms with E-state index >= 15 is 0 Å². The predicted octanol–water partition coefficient (Wildman–Crippen LogP) is 1.47. The molecule has 1 aromatic heterocycles. The summed E-state index contributed by atoms with van der Waals surface area (Å²) in [7, 11) is 1.46. The Morgan fingerprint density at radius 3 is 3.06 bits per heavy atom. The van der Waals surface area contributed by atoms with E-state index in [-0.39, 0.29) is 23.6 Å². The predicted molar refractivity (Wildman–Crippen MR) is 64.8 cm³/mol. The minimum Gasteiger partial charge on any atom is -0.510 e. The fraction of sp³-hybridized carbons (Fsp3) is 0.167. The van der Waals surface area contributed by atoms with Gasteiger partial charge in [0.05, 0.1) is 11.0 Å². The number of ether oxygens (including phenoxy) is 1. The number of rotatable bonds is 3. The molecule has 0 unspecified atom stereocenters. The number of H-pyrrole nitrogens is 1. The van der Waals surface area contributed by atoms with E-state index in [2.05, 4.69) is 9.97 Å². The molecule has 2 N–H and O–H groups in total. The topological polar surface area (TPSA) is 75.2 Å². The zero-order valence-electron chi connectivity index (χ0n) is 9.30. The van der Waals surface area contributed by atoms with Gasteiger partial charge in [0.2, 0.25) is 0 Å². The van der Waals surface area contributed by atoms with Crippen LogP contribution in [0.25, 0.3) is 17.1 Å². The Balaban J connectivity index is 2.51. The number of nitrogens with zero attached hydrogens (tertiary/aromatic N) is 1. The number of para-hydroxylation sites is 2. The first-order valence-corrected chi connectivity index (χ1v) is 5.08. The molecule has 0 fully saturated rings. The van der Waals surface area contributed by atoms with Gasteiger partial charge in [-0.1, -0.05) is 12.1 Å². The minimum absolute atomic E-state index is 0.0409. The van der Waals surface area contributed by atoms with E-state index in [1.54, 1.807) is 12.1 Å². The molecule has 0 amide bonds. The average Bonchev–Trinajstić information content (AvgIpc) is 2.30. The van der Waals surface area contributed by atoms with Crippen molar-refractivity contribution in [3.63, 3.8) is 0 Å². The third-order valence-electron chi connectivity index (χ3n) is 2.22. The van der Waals surface area contributed by atoms with Crippen LogP contribution in [-0.4, -0.2) is 28.8 Å². The van der Waals surface area contributed by atoms with Gasteiger partial charge in [0.25, 0.3) is 5.56 Å². The SMILES string of the molecule is COC/C(O)=C/c1nc2ccccc2[nH]c1=O. The Hall–Kier alpha value is -2.14. The largest absolute Gasteiger partial charge is 0.510 e. The van der Waals surface area contributed by atoms with Crippen molar-refractivity contribution in [3.8, 4) is 0 Å². The van der Waals surface area contributed by atoms with Crippen molar-refractivity contribution in [2.45, 2.75) is 0 Å². The Morgan fingerprint density at radius 1 is 1.53 bits per heavy atom. The number of nitrogens with one attached hydrogen (secondary N) is 1. The zero-order chi connectivity index (χ0) is 12.3. The molecular formula is C12H12N2O3. The third kappa shape index (κ3) is 2.51. The Kier molecular flexibility index (Phi) is 3.20.